The van der Waals surface area contributed by atoms with Crippen LogP contribution < -0.4 is 0 Å². The minimum Gasteiger partial charge on any atom is -0.303 e. The fraction of sp³-hybridized carbons (Fsp3) is 0.471. The van der Waals surface area contributed by atoms with E-state index in [0.29, 0.717) is 12.3 Å². The lowest BCUT2D eigenvalue weighted by atomic mass is 9.76. The van der Waals surface area contributed by atoms with Gasteiger partial charge in [0.2, 0.25) is 0 Å². The molecule has 2 nitrogen and oxygen atoms in total. The molecular formula is C17H18FNOS. The summed E-state index contributed by atoms with van der Waals surface area (Å²) in [4.78, 5) is 15.8. The Morgan fingerprint density at radius 3 is 2.81 bits per heavy atom. The van der Waals surface area contributed by atoms with E-state index in [-0.39, 0.29) is 11.6 Å². The summed E-state index contributed by atoms with van der Waals surface area (Å²) in [5.74, 6) is 1.24. The van der Waals surface area contributed by atoms with Crippen LogP contribution in [0.3, 0.4) is 0 Å². The molecule has 3 aliphatic rings. The molecule has 1 atom stereocenters. The summed E-state index contributed by atoms with van der Waals surface area (Å²) >= 11 is 1.49. The zero-order valence-electron chi connectivity index (χ0n) is 11.8. The van der Waals surface area contributed by atoms with Gasteiger partial charge in [0.15, 0.2) is 5.78 Å². The van der Waals surface area contributed by atoms with Crippen LogP contribution in [0.4, 0.5) is 4.39 Å². The Labute approximate surface area is 127 Å². The summed E-state index contributed by atoms with van der Waals surface area (Å²) in [6.07, 6.45) is 3.14. The fourth-order valence-corrected chi connectivity index (χ4v) is 4.80. The molecule has 21 heavy (non-hydrogen) atoms. The quantitative estimate of drug-likeness (QED) is 0.800. The predicted octanol–water partition coefficient (Wildman–Crippen LogP) is 3.96. The molecule has 2 aromatic rings. The summed E-state index contributed by atoms with van der Waals surface area (Å²) in [5, 5.41) is 0.845. The molecule has 0 aliphatic carbocycles. The minimum atomic E-state index is -0.239. The van der Waals surface area contributed by atoms with Crippen molar-refractivity contribution in [3.05, 3.63) is 35.0 Å². The van der Waals surface area contributed by atoms with Crippen LogP contribution >= 0.6 is 11.3 Å². The van der Waals surface area contributed by atoms with E-state index >= 15 is 0 Å². The summed E-state index contributed by atoms with van der Waals surface area (Å²) < 4.78 is 14.2. The van der Waals surface area contributed by atoms with Crippen LogP contribution in [0.25, 0.3) is 10.1 Å². The predicted molar refractivity (Wildman–Crippen MR) is 83.4 cm³/mol. The van der Waals surface area contributed by atoms with Crippen LogP contribution in [-0.4, -0.2) is 30.3 Å². The van der Waals surface area contributed by atoms with Crippen molar-refractivity contribution in [2.24, 2.45) is 11.8 Å². The van der Waals surface area contributed by atoms with Crippen molar-refractivity contribution < 1.29 is 9.18 Å². The van der Waals surface area contributed by atoms with Gasteiger partial charge in [-0.2, -0.15) is 0 Å². The maximum atomic E-state index is 13.2. The number of thiophene rings is 1. The van der Waals surface area contributed by atoms with Gasteiger partial charge in [-0.3, -0.25) is 4.79 Å². The lowest BCUT2D eigenvalue weighted by molar-refractivity contribution is 0.0442. The Morgan fingerprint density at radius 1 is 1.29 bits per heavy atom. The summed E-state index contributed by atoms with van der Waals surface area (Å²) in [6.45, 7) is 3.49. The molecule has 3 fully saturated rings. The van der Waals surface area contributed by atoms with E-state index < -0.39 is 0 Å². The third-order valence-corrected chi connectivity index (χ3v) is 6.15. The van der Waals surface area contributed by atoms with Gasteiger partial charge < -0.3 is 4.90 Å². The first kappa shape index (κ1) is 13.4. The van der Waals surface area contributed by atoms with Crippen LogP contribution in [0.15, 0.2) is 24.3 Å². The van der Waals surface area contributed by atoms with E-state index in [0.717, 1.165) is 27.4 Å². The van der Waals surface area contributed by atoms with Crippen LogP contribution in [0.5, 0.6) is 0 Å². The molecule has 1 aromatic carbocycles. The lowest BCUT2D eigenvalue weighted by Gasteiger charge is -2.44. The molecule has 5 rings (SSSR count). The Kier molecular flexibility index (Phi) is 3.31. The number of benzene rings is 1. The summed E-state index contributed by atoms with van der Waals surface area (Å²) in [6, 6.07) is 6.59. The van der Waals surface area contributed by atoms with Gasteiger partial charge >= 0.3 is 0 Å². The lowest BCUT2D eigenvalue weighted by Crippen LogP contribution is -2.47. The highest BCUT2D eigenvalue weighted by Gasteiger charge is 2.35. The van der Waals surface area contributed by atoms with Crippen molar-refractivity contribution in [3.8, 4) is 0 Å². The zero-order chi connectivity index (χ0) is 14.4. The molecule has 4 heteroatoms. The molecule has 0 radical (unpaired) electrons. The van der Waals surface area contributed by atoms with Gasteiger partial charge in [-0.25, -0.2) is 4.39 Å². The Morgan fingerprint density at radius 2 is 2.10 bits per heavy atom. The third kappa shape index (κ3) is 2.51. The largest absolute Gasteiger partial charge is 0.303 e. The highest BCUT2D eigenvalue weighted by molar-refractivity contribution is 7.20. The number of ketones is 1. The Balaban J connectivity index is 1.53. The maximum Gasteiger partial charge on any atom is 0.173 e. The van der Waals surface area contributed by atoms with Gasteiger partial charge in [0.1, 0.15) is 5.82 Å². The Bertz CT molecular complexity index is 687. The topological polar surface area (TPSA) is 20.3 Å². The number of piperidine rings is 3. The number of hydrogen-bond acceptors (Lipinski definition) is 3. The first-order chi connectivity index (χ1) is 10.2. The zero-order valence-corrected chi connectivity index (χ0v) is 12.7. The van der Waals surface area contributed by atoms with Crippen LogP contribution in [0.2, 0.25) is 0 Å². The van der Waals surface area contributed by atoms with E-state index in [1.165, 1.54) is 49.4 Å². The second-order valence-corrected chi connectivity index (χ2v) is 7.40. The SMILES string of the molecule is O=C(C[C@@H]1CN2CCC1CC2)c1cc2cc(F)ccc2s1. The number of Topliss-reactive ketones (excluding diaryl/α,β-unsaturated/α-hetero) is 1. The number of fused-ring (bicyclic) bond motifs is 4. The minimum absolute atomic E-state index is 0.232. The standard InChI is InChI=1S/C17H18FNOS/c18-14-1-2-16-12(7-14)9-17(21-16)15(20)8-13-10-19-5-3-11(13)4-6-19/h1-2,7,9,11,13H,3-6,8,10H2/t13-/m1/s1. The number of carbonyl (C=O) groups is 1. The number of halogens is 1. The van der Waals surface area contributed by atoms with E-state index in [4.69, 9.17) is 0 Å². The number of hydrogen-bond donors (Lipinski definition) is 0. The molecule has 110 valence electrons. The monoisotopic (exact) mass is 303 g/mol. The van der Waals surface area contributed by atoms with E-state index in [9.17, 15) is 9.18 Å². The first-order valence-electron chi connectivity index (χ1n) is 7.64. The average molecular weight is 303 g/mol. The maximum absolute atomic E-state index is 13.2. The summed E-state index contributed by atoms with van der Waals surface area (Å²) in [7, 11) is 0. The van der Waals surface area contributed by atoms with Gasteiger partial charge in [-0.05, 0) is 67.4 Å². The molecule has 0 N–H and O–H groups in total. The van der Waals surface area contributed by atoms with Gasteiger partial charge in [-0.15, -0.1) is 11.3 Å². The van der Waals surface area contributed by atoms with Gasteiger partial charge in [0.25, 0.3) is 0 Å². The van der Waals surface area contributed by atoms with Crippen LogP contribution in [0.1, 0.15) is 28.9 Å². The highest BCUT2D eigenvalue weighted by Crippen LogP contribution is 2.36. The molecule has 4 heterocycles. The van der Waals surface area contributed by atoms with Crippen molar-refractivity contribution in [2.45, 2.75) is 19.3 Å². The molecular weight excluding hydrogens is 285 g/mol. The molecule has 0 amide bonds. The van der Waals surface area contributed by atoms with Crippen molar-refractivity contribution in [1.29, 1.82) is 0 Å². The molecule has 1 aromatic heterocycles. The fourth-order valence-electron chi connectivity index (χ4n) is 3.81. The molecule has 0 spiro atoms. The number of rotatable bonds is 3. The van der Waals surface area contributed by atoms with E-state index in [1.807, 2.05) is 6.07 Å². The normalized spacial score (nSPS) is 28.1. The molecule has 3 aliphatic heterocycles. The molecule has 3 saturated heterocycles. The van der Waals surface area contributed by atoms with Crippen LogP contribution in [0, 0.1) is 17.7 Å². The van der Waals surface area contributed by atoms with E-state index in [1.54, 1.807) is 6.07 Å². The molecule has 0 saturated carbocycles. The van der Waals surface area contributed by atoms with Crippen molar-refractivity contribution in [3.63, 3.8) is 0 Å². The van der Waals surface area contributed by atoms with Crippen molar-refractivity contribution in [1.82, 2.24) is 4.90 Å². The van der Waals surface area contributed by atoms with Crippen molar-refractivity contribution >= 4 is 27.2 Å². The van der Waals surface area contributed by atoms with Crippen LogP contribution in [-0.2, 0) is 0 Å². The second kappa shape index (κ2) is 5.18. The Hall–Kier alpha value is -1.26. The van der Waals surface area contributed by atoms with Crippen molar-refractivity contribution in [2.75, 3.05) is 19.6 Å². The first-order valence-corrected chi connectivity index (χ1v) is 8.45. The number of nitrogens with zero attached hydrogens (tertiary/aromatic N) is 1. The highest BCUT2D eigenvalue weighted by atomic mass is 32.1. The second-order valence-electron chi connectivity index (χ2n) is 6.32. The molecule has 0 unspecified atom stereocenters. The van der Waals surface area contributed by atoms with Gasteiger partial charge in [0, 0.05) is 17.7 Å². The van der Waals surface area contributed by atoms with Gasteiger partial charge in [0.05, 0.1) is 4.88 Å². The summed E-state index contributed by atoms with van der Waals surface area (Å²) in [5.41, 5.74) is 0. The van der Waals surface area contributed by atoms with E-state index in [2.05, 4.69) is 4.90 Å². The third-order valence-electron chi connectivity index (χ3n) is 4.99. The average Bonchev–Trinajstić information content (AvgIpc) is 2.91. The smallest absolute Gasteiger partial charge is 0.173 e. The molecule has 2 bridgehead atoms. The van der Waals surface area contributed by atoms with Gasteiger partial charge in [-0.1, -0.05) is 0 Å². The number of carbonyl (C=O) groups excluding carboxylic acids is 1.